The Kier molecular flexibility index (Phi) is 2.45. The van der Waals surface area contributed by atoms with Crippen LogP contribution in [0.1, 0.15) is 21.6 Å². The van der Waals surface area contributed by atoms with Crippen molar-refractivity contribution in [2.75, 3.05) is 0 Å². The smallest absolute Gasteiger partial charge is 0.230 e. The first-order chi connectivity index (χ1) is 8.78. The lowest BCUT2D eigenvalue weighted by Gasteiger charge is -2.07. The SMILES string of the molecule is C=Cc1ccc2c(n1)Oc1ccccc1CC2=O. The van der Waals surface area contributed by atoms with Gasteiger partial charge in [0.2, 0.25) is 5.88 Å². The summed E-state index contributed by atoms with van der Waals surface area (Å²) in [4.78, 5) is 16.4. The van der Waals surface area contributed by atoms with E-state index in [1.807, 2.05) is 24.3 Å². The third-order valence-electron chi connectivity index (χ3n) is 2.92. The minimum Gasteiger partial charge on any atom is -0.438 e. The number of pyridine rings is 1. The first kappa shape index (κ1) is 10.7. The second-order valence-corrected chi connectivity index (χ2v) is 4.10. The maximum absolute atomic E-state index is 12.1. The molecule has 0 bridgehead atoms. The molecule has 0 saturated heterocycles. The summed E-state index contributed by atoms with van der Waals surface area (Å²) in [5.41, 5.74) is 2.11. The van der Waals surface area contributed by atoms with Crippen molar-refractivity contribution in [2.45, 2.75) is 6.42 Å². The van der Waals surface area contributed by atoms with Crippen LogP contribution in [0.3, 0.4) is 0 Å². The van der Waals surface area contributed by atoms with Crippen LogP contribution in [0, 0.1) is 0 Å². The van der Waals surface area contributed by atoms with Crippen molar-refractivity contribution in [3.8, 4) is 11.6 Å². The van der Waals surface area contributed by atoms with Gasteiger partial charge in [-0.2, -0.15) is 0 Å². The van der Waals surface area contributed by atoms with Gasteiger partial charge in [-0.15, -0.1) is 0 Å². The van der Waals surface area contributed by atoms with E-state index in [1.54, 1.807) is 18.2 Å². The van der Waals surface area contributed by atoms with Gasteiger partial charge in [0.1, 0.15) is 5.75 Å². The van der Waals surface area contributed by atoms with Crippen LogP contribution in [0.25, 0.3) is 6.08 Å². The molecule has 1 aromatic carbocycles. The first-order valence-electron chi connectivity index (χ1n) is 5.70. The molecule has 0 atom stereocenters. The molecule has 0 unspecified atom stereocenters. The number of ether oxygens (including phenoxy) is 1. The van der Waals surface area contributed by atoms with Crippen molar-refractivity contribution in [1.82, 2.24) is 4.98 Å². The third-order valence-corrected chi connectivity index (χ3v) is 2.92. The van der Waals surface area contributed by atoms with Gasteiger partial charge in [0.15, 0.2) is 5.78 Å². The van der Waals surface area contributed by atoms with Gasteiger partial charge in [0.05, 0.1) is 11.3 Å². The number of para-hydroxylation sites is 1. The molecular formula is C15H11NO2. The predicted octanol–water partition coefficient (Wildman–Crippen LogP) is 3.26. The molecule has 0 aliphatic carbocycles. The monoisotopic (exact) mass is 237 g/mol. The second-order valence-electron chi connectivity index (χ2n) is 4.10. The van der Waals surface area contributed by atoms with Gasteiger partial charge in [-0.1, -0.05) is 24.8 Å². The van der Waals surface area contributed by atoms with Crippen LogP contribution < -0.4 is 4.74 Å². The molecule has 1 aliphatic heterocycles. The molecule has 88 valence electrons. The third kappa shape index (κ3) is 1.70. The van der Waals surface area contributed by atoms with Gasteiger partial charge in [0.25, 0.3) is 0 Å². The van der Waals surface area contributed by atoms with Gasteiger partial charge in [-0.3, -0.25) is 4.79 Å². The maximum Gasteiger partial charge on any atom is 0.230 e. The molecule has 3 heteroatoms. The highest BCUT2D eigenvalue weighted by Crippen LogP contribution is 2.32. The second kappa shape index (κ2) is 4.11. The summed E-state index contributed by atoms with van der Waals surface area (Å²) in [6.45, 7) is 3.66. The molecule has 0 saturated carbocycles. The lowest BCUT2D eigenvalue weighted by molar-refractivity contribution is 0.0993. The van der Waals surface area contributed by atoms with Gasteiger partial charge < -0.3 is 4.74 Å². The highest BCUT2D eigenvalue weighted by atomic mass is 16.5. The quantitative estimate of drug-likeness (QED) is 0.764. The maximum atomic E-state index is 12.1. The number of Topliss-reactive ketones (excluding diaryl/α,β-unsaturated/α-hetero) is 1. The van der Waals surface area contributed by atoms with E-state index in [4.69, 9.17) is 4.74 Å². The number of carbonyl (C=O) groups is 1. The van der Waals surface area contributed by atoms with Gasteiger partial charge in [-0.25, -0.2) is 4.98 Å². The fourth-order valence-corrected chi connectivity index (χ4v) is 1.98. The number of hydrogen-bond acceptors (Lipinski definition) is 3. The highest BCUT2D eigenvalue weighted by molar-refractivity contribution is 6.00. The van der Waals surface area contributed by atoms with E-state index >= 15 is 0 Å². The Bertz CT molecular complexity index is 647. The van der Waals surface area contributed by atoms with Crippen LogP contribution in [0.15, 0.2) is 43.0 Å². The van der Waals surface area contributed by atoms with E-state index in [1.165, 1.54) is 0 Å². The normalized spacial score (nSPS) is 13.0. The molecule has 2 aromatic rings. The number of benzene rings is 1. The lowest BCUT2D eigenvalue weighted by atomic mass is 10.0. The molecule has 3 nitrogen and oxygen atoms in total. The molecule has 0 spiro atoms. The van der Waals surface area contributed by atoms with Gasteiger partial charge >= 0.3 is 0 Å². The first-order valence-corrected chi connectivity index (χ1v) is 5.70. The Morgan fingerprint density at radius 2 is 2.06 bits per heavy atom. The van der Waals surface area contributed by atoms with Crippen molar-refractivity contribution < 1.29 is 9.53 Å². The topological polar surface area (TPSA) is 39.2 Å². The Hall–Kier alpha value is -2.42. The molecule has 1 aliphatic rings. The molecule has 3 rings (SSSR count). The van der Waals surface area contributed by atoms with Crippen molar-refractivity contribution in [2.24, 2.45) is 0 Å². The van der Waals surface area contributed by atoms with Crippen molar-refractivity contribution in [1.29, 1.82) is 0 Å². The number of fused-ring (bicyclic) bond motifs is 2. The highest BCUT2D eigenvalue weighted by Gasteiger charge is 2.21. The molecule has 0 radical (unpaired) electrons. The van der Waals surface area contributed by atoms with Gasteiger partial charge in [0, 0.05) is 12.0 Å². The minimum absolute atomic E-state index is 0.0260. The van der Waals surface area contributed by atoms with E-state index in [9.17, 15) is 4.79 Å². The number of rotatable bonds is 1. The number of ketones is 1. The molecule has 1 aromatic heterocycles. The fraction of sp³-hybridized carbons (Fsp3) is 0.0667. The van der Waals surface area contributed by atoms with Crippen molar-refractivity contribution in [3.63, 3.8) is 0 Å². The fourth-order valence-electron chi connectivity index (χ4n) is 1.98. The Balaban J connectivity index is 2.17. The summed E-state index contributed by atoms with van der Waals surface area (Å²) in [5.74, 6) is 1.08. The Labute approximate surface area is 105 Å². The average molecular weight is 237 g/mol. The van der Waals surface area contributed by atoms with Crippen molar-refractivity contribution in [3.05, 3.63) is 59.8 Å². The summed E-state index contributed by atoms with van der Waals surface area (Å²) < 4.78 is 5.74. The number of carbonyl (C=O) groups excluding carboxylic acids is 1. The largest absolute Gasteiger partial charge is 0.438 e. The van der Waals surface area contributed by atoms with E-state index in [0.717, 1.165) is 5.56 Å². The summed E-state index contributed by atoms with van der Waals surface area (Å²) in [5, 5.41) is 0. The Morgan fingerprint density at radius 1 is 1.22 bits per heavy atom. The zero-order chi connectivity index (χ0) is 12.5. The summed E-state index contributed by atoms with van der Waals surface area (Å²) in [7, 11) is 0. The summed E-state index contributed by atoms with van der Waals surface area (Å²) >= 11 is 0. The van der Waals surface area contributed by atoms with E-state index in [0.29, 0.717) is 29.3 Å². The van der Waals surface area contributed by atoms with E-state index in [-0.39, 0.29) is 5.78 Å². The Morgan fingerprint density at radius 3 is 2.89 bits per heavy atom. The molecule has 2 heterocycles. The summed E-state index contributed by atoms with van der Waals surface area (Å²) in [6, 6.07) is 11.0. The molecule has 18 heavy (non-hydrogen) atoms. The van der Waals surface area contributed by atoms with Crippen LogP contribution >= 0.6 is 0 Å². The van der Waals surface area contributed by atoms with E-state index in [2.05, 4.69) is 11.6 Å². The molecule has 0 amide bonds. The standard InChI is InChI=1S/C15H11NO2/c1-2-11-7-8-12-13(17)9-10-5-3-4-6-14(10)18-15(12)16-11/h2-8H,1,9H2. The predicted molar refractivity (Wildman–Crippen MR) is 68.9 cm³/mol. The van der Waals surface area contributed by atoms with Gasteiger partial charge in [-0.05, 0) is 24.3 Å². The average Bonchev–Trinajstić information content (AvgIpc) is 2.54. The van der Waals surface area contributed by atoms with Crippen LogP contribution in [0.5, 0.6) is 11.6 Å². The number of hydrogen-bond donors (Lipinski definition) is 0. The van der Waals surface area contributed by atoms with Crippen LogP contribution in [-0.2, 0) is 6.42 Å². The van der Waals surface area contributed by atoms with Crippen LogP contribution in [0.2, 0.25) is 0 Å². The molecule has 0 N–H and O–H groups in total. The zero-order valence-electron chi connectivity index (χ0n) is 9.72. The molecular weight excluding hydrogens is 226 g/mol. The van der Waals surface area contributed by atoms with Crippen LogP contribution in [-0.4, -0.2) is 10.8 Å². The number of aromatic nitrogens is 1. The summed E-state index contributed by atoms with van der Waals surface area (Å²) in [6.07, 6.45) is 1.98. The van der Waals surface area contributed by atoms with E-state index < -0.39 is 0 Å². The van der Waals surface area contributed by atoms with Crippen molar-refractivity contribution >= 4 is 11.9 Å². The minimum atomic E-state index is 0.0260. The molecule has 0 fully saturated rings. The number of nitrogens with zero attached hydrogens (tertiary/aromatic N) is 1. The zero-order valence-corrected chi connectivity index (χ0v) is 9.72. The lowest BCUT2D eigenvalue weighted by Crippen LogP contribution is -2.02. The van der Waals surface area contributed by atoms with Crippen LogP contribution in [0.4, 0.5) is 0 Å².